The molecule has 0 radical (unpaired) electrons. The molecule has 2 aliphatic heterocycles. The normalized spacial score (nSPS) is 39.8. The molecule has 0 amide bonds. The molecule has 1 N–H and O–H groups in total. The van der Waals surface area contributed by atoms with Crippen molar-refractivity contribution in [3.05, 3.63) is 11.6 Å². The van der Waals surface area contributed by atoms with Gasteiger partial charge in [-0.2, -0.15) is 0 Å². The van der Waals surface area contributed by atoms with Crippen molar-refractivity contribution in [3.8, 4) is 0 Å². The van der Waals surface area contributed by atoms with E-state index in [4.69, 9.17) is 9.47 Å². The van der Waals surface area contributed by atoms with Crippen molar-refractivity contribution in [1.82, 2.24) is 0 Å². The van der Waals surface area contributed by atoms with Gasteiger partial charge in [-0.15, -0.1) is 0 Å². The largest absolute Gasteiger partial charge is 0.452 e. The average molecular weight is 184 g/mol. The zero-order chi connectivity index (χ0) is 9.59. The molecule has 0 spiro atoms. The standard InChI is InChI=1S/C9H12O4/c1-4(10)7-3-6(9(11)13-7)8-5(2)12-8/h3-5,7-8,10H,1-2H3. The second kappa shape index (κ2) is 2.82. The van der Waals surface area contributed by atoms with Crippen LogP contribution in [0.5, 0.6) is 0 Å². The van der Waals surface area contributed by atoms with Crippen LogP contribution in [0.25, 0.3) is 0 Å². The summed E-state index contributed by atoms with van der Waals surface area (Å²) in [5, 5.41) is 9.19. The quantitative estimate of drug-likeness (QED) is 0.485. The van der Waals surface area contributed by atoms with E-state index in [9.17, 15) is 9.90 Å². The lowest BCUT2D eigenvalue weighted by Crippen LogP contribution is -2.22. The highest BCUT2D eigenvalue weighted by molar-refractivity contribution is 5.92. The monoisotopic (exact) mass is 184 g/mol. The summed E-state index contributed by atoms with van der Waals surface area (Å²) in [4.78, 5) is 11.2. The molecule has 72 valence electrons. The van der Waals surface area contributed by atoms with E-state index in [1.165, 1.54) is 0 Å². The summed E-state index contributed by atoms with van der Waals surface area (Å²) in [6.07, 6.45) is 0.485. The lowest BCUT2D eigenvalue weighted by atomic mass is 10.1. The van der Waals surface area contributed by atoms with Gasteiger partial charge in [-0.3, -0.25) is 0 Å². The fraction of sp³-hybridized carbons (Fsp3) is 0.667. The molecule has 4 heteroatoms. The predicted molar refractivity (Wildman–Crippen MR) is 44.0 cm³/mol. The molecule has 0 bridgehead atoms. The Labute approximate surface area is 76.1 Å². The molecule has 2 rings (SSSR count). The molecule has 0 aliphatic carbocycles. The van der Waals surface area contributed by atoms with Gasteiger partial charge in [-0.05, 0) is 19.9 Å². The van der Waals surface area contributed by atoms with Gasteiger partial charge >= 0.3 is 5.97 Å². The maximum absolute atomic E-state index is 11.2. The third-order valence-corrected chi connectivity index (χ3v) is 2.32. The van der Waals surface area contributed by atoms with Crippen LogP contribution in [0.3, 0.4) is 0 Å². The summed E-state index contributed by atoms with van der Waals surface area (Å²) in [6, 6.07) is 0. The second-order valence-electron chi connectivity index (χ2n) is 3.49. The summed E-state index contributed by atoms with van der Waals surface area (Å²) >= 11 is 0. The first kappa shape index (κ1) is 8.72. The van der Waals surface area contributed by atoms with Gasteiger partial charge in [-0.1, -0.05) is 0 Å². The molecule has 2 heterocycles. The molecule has 1 saturated heterocycles. The number of carbonyl (C=O) groups is 1. The first-order valence-electron chi connectivity index (χ1n) is 4.36. The summed E-state index contributed by atoms with van der Waals surface area (Å²) in [7, 11) is 0. The molecule has 4 nitrogen and oxygen atoms in total. The number of hydrogen-bond acceptors (Lipinski definition) is 4. The van der Waals surface area contributed by atoms with E-state index in [2.05, 4.69) is 0 Å². The summed E-state index contributed by atoms with van der Waals surface area (Å²) in [6.45, 7) is 3.49. The second-order valence-corrected chi connectivity index (χ2v) is 3.49. The van der Waals surface area contributed by atoms with Gasteiger partial charge in [0.2, 0.25) is 0 Å². The van der Waals surface area contributed by atoms with Gasteiger partial charge in [0.05, 0.1) is 17.8 Å². The minimum absolute atomic E-state index is 0.103. The van der Waals surface area contributed by atoms with E-state index >= 15 is 0 Å². The average Bonchev–Trinajstić information content (AvgIpc) is 2.60. The Morgan fingerprint density at radius 3 is 2.62 bits per heavy atom. The van der Waals surface area contributed by atoms with Gasteiger partial charge in [0.1, 0.15) is 12.2 Å². The van der Waals surface area contributed by atoms with Crippen LogP contribution < -0.4 is 0 Å². The van der Waals surface area contributed by atoms with Crippen LogP contribution in [-0.4, -0.2) is 35.5 Å². The fourth-order valence-electron chi connectivity index (χ4n) is 1.43. The highest BCUT2D eigenvalue weighted by atomic mass is 16.6. The number of aliphatic hydroxyl groups excluding tert-OH is 1. The topological polar surface area (TPSA) is 59.1 Å². The summed E-state index contributed by atoms with van der Waals surface area (Å²) in [5.41, 5.74) is 0.554. The number of aliphatic hydroxyl groups is 1. The van der Waals surface area contributed by atoms with Crippen LogP contribution in [0.4, 0.5) is 0 Å². The predicted octanol–water partition coefficient (Wildman–Crippen LogP) is 0.00630. The number of carbonyl (C=O) groups excluding carboxylic acids is 1. The molecular weight excluding hydrogens is 172 g/mol. The van der Waals surface area contributed by atoms with Gasteiger partial charge < -0.3 is 14.6 Å². The number of epoxide rings is 1. The molecular formula is C9H12O4. The number of cyclic esters (lactones) is 1. The van der Waals surface area contributed by atoms with Crippen LogP contribution in [0, 0.1) is 0 Å². The summed E-state index contributed by atoms with van der Waals surface area (Å²) < 4.78 is 10.1. The van der Waals surface area contributed by atoms with Gasteiger partial charge in [0.15, 0.2) is 0 Å². The number of esters is 1. The van der Waals surface area contributed by atoms with Crippen LogP contribution in [0.2, 0.25) is 0 Å². The van der Waals surface area contributed by atoms with E-state index < -0.39 is 12.2 Å². The Morgan fingerprint density at radius 1 is 1.62 bits per heavy atom. The van der Waals surface area contributed by atoms with E-state index in [0.29, 0.717) is 5.57 Å². The van der Waals surface area contributed by atoms with Crippen LogP contribution in [0.1, 0.15) is 13.8 Å². The molecule has 4 atom stereocenters. The number of rotatable bonds is 2. The smallest absolute Gasteiger partial charge is 0.337 e. The molecule has 13 heavy (non-hydrogen) atoms. The van der Waals surface area contributed by atoms with Crippen LogP contribution in [0.15, 0.2) is 11.6 Å². The Hall–Kier alpha value is -0.870. The number of ether oxygens (including phenoxy) is 2. The lowest BCUT2D eigenvalue weighted by molar-refractivity contribution is -0.143. The van der Waals surface area contributed by atoms with Crippen molar-refractivity contribution in [2.24, 2.45) is 0 Å². The summed E-state index contributed by atoms with van der Waals surface area (Å²) in [5.74, 6) is -0.361. The Morgan fingerprint density at radius 2 is 2.23 bits per heavy atom. The maximum atomic E-state index is 11.2. The molecule has 0 aromatic carbocycles. The first-order valence-corrected chi connectivity index (χ1v) is 4.36. The van der Waals surface area contributed by atoms with Crippen molar-refractivity contribution in [2.75, 3.05) is 0 Å². The van der Waals surface area contributed by atoms with Crippen molar-refractivity contribution in [2.45, 2.75) is 38.3 Å². The fourth-order valence-corrected chi connectivity index (χ4v) is 1.43. The molecule has 2 aliphatic rings. The molecule has 0 saturated carbocycles. The van der Waals surface area contributed by atoms with E-state index in [-0.39, 0.29) is 18.2 Å². The van der Waals surface area contributed by atoms with Crippen LogP contribution in [-0.2, 0) is 14.3 Å². The van der Waals surface area contributed by atoms with Gasteiger partial charge in [0.25, 0.3) is 0 Å². The van der Waals surface area contributed by atoms with Crippen molar-refractivity contribution < 1.29 is 19.4 Å². The third kappa shape index (κ3) is 1.47. The van der Waals surface area contributed by atoms with Crippen molar-refractivity contribution in [1.29, 1.82) is 0 Å². The molecule has 1 fully saturated rings. The van der Waals surface area contributed by atoms with Crippen molar-refractivity contribution in [3.63, 3.8) is 0 Å². The van der Waals surface area contributed by atoms with Crippen molar-refractivity contribution >= 4 is 5.97 Å². The first-order chi connectivity index (χ1) is 6.09. The molecule has 4 unspecified atom stereocenters. The number of hydrogen-bond donors (Lipinski definition) is 1. The van der Waals surface area contributed by atoms with E-state index in [1.54, 1.807) is 13.0 Å². The maximum Gasteiger partial charge on any atom is 0.337 e. The van der Waals surface area contributed by atoms with E-state index in [0.717, 1.165) is 0 Å². The minimum Gasteiger partial charge on any atom is -0.452 e. The zero-order valence-electron chi connectivity index (χ0n) is 7.56. The van der Waals surface area contributed by atoms with Crippen LogP contribution >= 0.6 is 0 Å². The minimum atomic E-state index is -0.657. The highest BCUT2D eigenvalue weighted by Gasteiger charge is 2.45. The lowest BCUT2D eigenvalue weighted by Gasteiger charge is -2.09. The molecule has 0 aromatic heterocycles. The van der Waals surface area contributed by atoms with Gasteiger partial charge in [0, 0.05) is 0 Å². The van der Waals surface area contributed by atoms with E-state index in [1.807, 2.05) is 6.92 Å². The SMILES string of the molecule is CC(O)C1C=C(C2OC2C)C(=O)O1. The van der Waals surface area contributed by atoms with Gasteiger partial charge in [-0.25, -0.2) is 4.79 Å². The third-order valence-electron chi connectivity index (χ3n) is 2.32. The Bertz CT molecular complexity index is 269. The molecule has 0 aromatic rings. The Kier molecular flexibility index (Phi) is 1.89. The Balaban J connectivity index is 2.10. The highest BCUT2D eigenvalue weighted by Crippen LogP contribution is 2.33. The zero-order valence-corrected chi connectivity index (χ0v) is 7.56.